The second-order valence-corrected chi connectivity index (χ2v) is 12.2. The molecule has 0 aliphatic carbocycles. The van der Waals surface area contributed by atoms with Gasteiger partial charge in [0.05, 0.1) is 29.5 Å². The zero-order chi connectivity index (χ0) is 27.1. The minimum atomic E-state index is -0.207. The Labute approximate surface area is 233 Å². The third-order valence-corrected chi connectivity index (χ3v) is 9.80. The Hall–Kier alpha value is -2.76. The molecule has 210 valence electrons. The number of nitrogens with zero attached hydrogens (tertiary/aromatic N) is 2. The molecular formula is C28H37N5O5S. The molecule has 5 aliphatic rings. The lowest BCUT2D eigenvalue weighted by atomic mass is 9.86. The van der Waals surface area contributed by atoms with Gasteiger partial charge in [0.25, 0.3) is 5.91 Å². The minimum Gasteiger partial charge on any atom is -0.490 e. The van der Waals surface area contributed by atoms with Crippen molar-refractivity contribution >= 4 is 35.3 Å². The van der Waals surface area contributed by atoms with Crippen LogP contribution in [0, 0.1) is 12.8 Å². The summed E-state index contributed by atoms with van der Waals surface area (Å²) in [7, 11) is 0. The van der Waals surface area contributed by atoms with Crippen LogP contribution in [0.5, 0.6) is 5.75 Å². The molecule has 3 N–H and O–H groups in total. The van der Waals surface area contributed by atoms with Crippen molar-refractivity contribution in [2.75, 3.05) is 37.7 Å². The number of amides is 4. The number of aryl methyl sites for hydroxylation is 1. The van der Waals surface area contributed by atoms with Crippen molar-refractivity contribution in [3.63, 3.8) is 0 Å². The number of nitrogens with one attached hydrogen (secondary N) is 3. The maximum atomic E-state index is 13.6. The Morgan fingerprint density at radius 1 is 1.18 bits per heavy atom. The molecule has 1 aromatic rings. The zero-order valence-electron chi connectivity index (χ0n) is 22.5. The summed E-state index contributed by atoms with van der Waals surface area (Å²) in [5, 5.41) is 9.80. The van der Waals surface area contributed by atoms with E-state index in [-0.39, 0.29) is 47.3 Å². The highest BCUT2D eigenvalue weighted by molar-refractivity contribution is 8.04. The summed E-state index contributed by atoms with van der Waals surface area (Å²) >= 11 is 1.50. The molecule has 0 bridgehead atoms. The SMILES string of the molecule is CC(=O)N1CCC[C@@H](NC(=O)C2=C3NC(=O)N(c4ccc(OC5CCOCC5)cc4C)C4CCNC(S2)C34)C1. The molecule has 5 aliphatic heterocycles. The van der Waals surface area contributed by atoms with Crippen molar-refractivity contribution in [3.05, 3.63) is 34.4 Å². The van der Waals surface area contributed by atoms with Crippen molar-refractivity contribution in [2.24, 2.45) is 5.92 Å². The van der Waals surface area contributed by atoms with Crippen LogP contribution >= 0.6 is 11.8 Å². The second-order valence-electron chi connectivity index (χ2n) is 11.1. The number of carbonyl (C=O) groups is 3. The Bertz CT molecular complexity index is 1180. The van der Waals surface area contributed by atoms with E-state index in [2.05, 4.69) is 16.0 Å². The molecule has 4 saturated heterocycles. The lowest BCUT2D eigenvalue weighted by molar-refractivity contribution is -0.131. The molecule has 4 fully saturated rings. The molecular weight excluding hydrogens is 518 g/mol. The van der Waals surface area contributed by atoms with Crippen LogP contribution in [0.25, 0.3) is 0 Å². The summed E-state index contributed by atoms with van der Waals surface area (Å²) in [5.41, 5.74) is 2.57. The van der Waals surface area contributed by atoms with Gasteiger partial charge in [-0.2, -0.15) is 0 Å². The maximum Gasteiger partial charge on any atom is 0.326 e. The number of anilines is 1. The largest absolute Gasteiger partial charge is 0.490 e. The van der Waals surface area contributed by atoms with E-state index in [0.29, 0.717) is 11.4 Å². The van der Waals surface area contributed by atoms with E-state index < -0.39 is 0 Å². The van der Waals surface area contributed by atoms with Gasteiger partial charge in [0.2, 0.25) is 5.91 Å². The van der Waals surface area contributed by atoms with Crippen LogP contribution in [0.4, 0.5) is 10.5 Å². The molecule has 3 unspecified atom stereocenters. The second kappa shape index (κ2) is 11.0. The quantitative estimate of drug-likeness (QED) is 0.512. The lowest BCUT2D eigenvalue weighted by Crippen LogP contribution is -2.62. The summed E-state index contributed by atoms with van der Waals surface area (Å²) in [6, 6.07) is 5.60. The van der Waals surface area contributed by atoms with Crippen molar-refractivity contribution in [1.29, 1.82) is 0 Å². The van der Waals surface area contributed by atoms with Crippen LogP contribution in [0.15, 0.2) is 28.8 Å². The van der Waals surface area contributed by atoms with E-state index >= 15 is 0 Å². The summed E-state index contributed by atoms with van der Waals surface area (Å²) in [4.78, 5) is 43.1. The molecule has 4 amide bonds. The summed E-state index contributed by atoms with van der Waals surface area (Å²) < 4.78 is 11.6. The number of benzene rings is 1. The molecule has 5 heterocycles. The van der Waals surface area contributed by atoms with Gasteiger partial charge in [-0.05, 0) is 56.5 Å². The Morgan fingerprint density at radius 2 is 2.00 bits per heavy atom. The van der Waals surface area contributed by atoms with E-state index in [9.17, 15) is 14.4 Å². The van der Waals surface area contributed by atoms with E-state index in [1.165, 1.54) is 11.8 Å². The lowest BCUT2D eigenvalue weighted by Gasteiger charge is -2.46. The monoisotopic (exact) mass is 555 g/mol. The molecule has 0 spiro atoms. The van der Waals surface area contributed by atoms with Crippen LogP contribution in [-0.2, 0) is 14.3 Å². The molecule has 0 saturated carbocycles. The average Bonchev–Trinajstić information content (AvgIpc) is 3.30. The number of hydrogen-bond acceptors (Lipinski definition) is 7. The van der Waals surface area contributed by atoms with Gasteiger partial charge in [0.15, 0.2) is 0 Å². The normalized spacial score (nSPS) is 29.1. The van der Waals surface area contributed by atoms with Crippen LogP contribution in [0.2, 0.25) is 0 Å². The highest BCUT2D eigenvalue weighted by atomic mass is 32.2. The molecule has 1 aromatic carbocycles. The third kappa shape index (κ3) is 5.24. The fraction of sp³-hybridized carbons (Fsp3) is 0.607. The Morgan fingerprint density at radius 3 is 2.77 bits per heavy atom. The van der Waals surface area contributed by atoms with Crippen LogP contribution in [0.3, 0.4) is 0 Å². The van der Waals surface area contributed by atoms with Crippen molar-refractivity contribution in [1.82, 2.24) is 20.9 Å². The van der Waals surface area contributed by atoms with Gasteiger partial charge in [-0.1, -0.05) is 11.8 Å². The van der Waals surface area contributed by atoms with Crippen LogP contribution in [0.1, 0.15) is 44.6 Å². The number of carbonyl (C=O) groups excluding carboxylic acids is 3. The fourth-order valence-corrected chi connectivity index (χ4v) is 7.89. The van der Waals surface area contributed by atoms with E-state index in [4.69, 9.17) is 9.47 Å². The maximum absolute atomic E-state index is 13.6. The number of piperidine rings is 2. The fourth-order valence-electron chi connectivity index (χ4n) is 6.49. The molecule has 0 aromatic heterocycles. The topological polar surface area (TPSA) is 112 Å². The van der Waals surface area contributed by atoms with Gasteiger partial charge in [-0.3, -0.25) is 14.5 Å². The minimum absolute atomic E-state index is 0.0131. The number of urea groups is 1. The van der Waals surface area contributed by atoms with E-state index in [1.54, 1.807) is 11.8 Å². The van der Waals surface area contributed by atoms with E-state index in [1.807, 2.05) is 30.0 Å². The van der Waals surface area contributed by atoms with Gasteiger partial charge in [-0.25, -0.2) is 4.79 Å². The first-order valence-corrected chi connectivity index (χ1v) is 14.9. The third-order valence-electron chi connectivity index (χ3n) is 8.45. The predicted molar refractivity (Wildman–Crippen MR) is 148 cm³/mol. The molecule has 0 radical (unpaired) electrons. The van der Waals surface area contributed by atoms with E-state index in [0.717, 1.165) is 81.1 Å². The predicted octanol–water partition coefficient (Wildman–Crippen LogP) is 2.47. The Kier molecular flexibility index (Phi) is 7.47. The Balaban J connectivity index is 1.20. The number of hydrogen-bond donors (Lipinski definition) is 3. The van der Waals surface area contributed by atoms with Crippen molar-refractivity contribution in [3.8, 4) is 5.75 Å². The molecule has 39 heavy (non-hydrogen) atoms. The first kappa shape index (κ1) is 26.5. The number of ether oxygens (including phenoxy) is 2. The summed E-state index contributed by atoms with van der Waals surface area (Å²) in [6.45, 7) is 7.05. The van der Waals surface area contributed by atoms with Crippen LogP contribution in [-0.4, -0.2) is 79.2 Å². The van der Waals surface area contributed by atoms with Gasteiger partial charge in [-0.15, -0.1) is 0 Å². The average molecular weight is 556 g/mol. The molecule has 4 atom stereocenters. The van der Waals surface area contributed by atoms with Crippen molar-refractivity contribution < 1.29 is 23.9 Å². The standard InChI is InChI=1S/C28H37N5O5S/c1-16-14-20(38-19-8-12-37-13-9-19)5-6-21(16)33-22-7-10-29-27-23(22)24(31-28(33)36)25(39-27)26(35)30-18-4-3-11-32(15-18)17(2)34/h5-6,14,18-19,22-23,27,29H,3-4,7-13,15H2,1-2H3,(H,30,35)(H,31,36)/t18-,22?,23?,27?/m1/s1. The van der Waals surface area contributed by atoms with Gasteiger partial charge < -0.3 is 30.3 Å². The zero-order valence-corrected chi connectivity index (χ0v) is 23.4. The van der Waals surface area contributed by atoms with Gasteiger partial charge in [0, 0.05) is 56.2 Å². The van der Waals surface area contributed by atoms with Gasteiger partial charge >= 0.3 is 6.03 Å². The molecule has 6 rings (SSSR count). The number of thioether (sulfide) groups is 1. The number of likely N-dealkylation sites (tertiary alicyclic amines) is 1. The number of rotatable bonds is 5. The summed E-state index contributed by atoms with van der Waals surface area (Å²) in [6.07, 6.45) is 4.41. The first-order valence-electron chi connectivity index (χ1n) is 14.0. The first-order chi connectivity index (χ1) is 18.9. The van der Waals surface area contributed by atoms with Crippen LogP contribution < -0.4 is 25.6 Å². The highest BCUT2D eigenvalue weighted by Crippen LogP contribution is 2.48. The summed E-state index contributed by atoms with van der Waals surface area (Å²) in [5.74, 6) is 0.660. The molecule has 11 heteroatoms. The molecule has 10 nitrogen and oxygen atoms in total. The van der Waals surface area contributed by atoms with Crippen molar-refractivity contribution in [2.45, 2.75) is 69.5 Å². The van der Waals surface area contributed by atoms with Gasteiger partial charge in [0.1, 0.15) is 11.9 Å². The smallest absolute Gasteiger partial charge is 0.326 e. The highest BCUT2D eigenvalue weighted by Gasteiger charge is 2.52.